The molecule has 0 saturated heterocycles. The summed E-state index contributed by atoms with van der Waals surface area (Å²) in [5.41, 5.74) is 1.03. The van der Waals surface area contributed by atoms with Gasteiger partial charge in [-0.15, -0.1) is 0 Å². The van der Waals surface area contributed by atoms with Crippen LogP contribution in [0.2, 0.25) is 0 Å². The number of nitrogens with zero attached hydrogens (tertiary/aromatic N) is 2. The second-order valence-corrected chi connectivity index (χ2v) is 6.35. The SMILES string of the molecule is COc1cc(C(=O)C2CN=C(c3cccc([N+](=O)[O-])c3)NC2)cc(OC)c1OC. The second kappa shape index (κ2) is 8.59. The third kappa shape index (κ3) is 4.13. The van der Waals surface area contributed by atoms with Gasteiger partial charge in [0.25, 0.3) is 5.69 Å². The Morgan fingerprint density at radius 3 is 2.34 bits per heavy atom. The fourth-order valence-electron chi connectivity index (χ4n) is 3.14. The van der Waals surface area contributed by atoms with Crippen LogP contribution < -0.4 is 19.5 Å². The topological polar surface area (TPSA) is 112 Å². The quantitative estimate of drug-likeness (QED) is 0.432. The number of aliphatic imine (C=N–C) groups is 1. The number of carbonyl (C=O) groups excluding carboxylic acids is 1. The molecule has 0 bridgehead atoms. The van der Waals surface area contributed by atoms with Crippen LogP contribution in [-0.2, 0) is 0 Å². The number of hydrogen-bond acceptors (Lipinski definition) is 8. The Balaban J connectivity index is 1.81. The van der Waals surface area contributed by atoms with Crippen molar-refractivity contribution in [3.05, 3.63) is 57.6 Å². The zero-order valence-corrected chi connectivity index (χ0v) is 16.3. The van der Waals surface area contributed by atoms with Crippen LogP contribution in [0.1, 0.15) is 15.9 Å². The molecule has 0 fully saturated rings. The van der Waals surface area contributed by atoms with Gasteiger partial charge in [-0.05, 0) is 12.1 Å². The van der Waals surface area contributed by atoms with Crippen molar-refractivity contribution < 1.29 is 23.9 Å². The summed E-state index contributed by atoms with van der Waals surface area (Å²) < 4.78 is 15.9. The van der Waals surface area contributed by atoms with Gasteiger partial charge < -0.3 is 19.5 Å². The van der Waals surface area contributed by atoms with Gasteiger partial charge >= 0.3 is 0 Å². The summed E-state index contributed by atoms with van der Waals surface area (Å²) in [6.45, 7) is 0.623. The third-order valence-corrected chi connectivity index (χ3v) is 4.64. The number of nitro groups is 1. The fraction of sp³-hybridized carbons (Fsp3) is 0.300. The van der Waals surface area contributed by atoms with Crippen molar-refractivity contribution in [3.8, 4) is 17.2 Å². The summed E-state index contributed by atoms with van der Waals surface area (Å²) in [6, 6.07) is 9.44. The number of ketones is 1. The van der Waals surface area contributed by atoms with E-state index in [4.69, 9.17) is 14.2 Å². The maximum absolute atomic E-state index is 13.0. The molecule has 2 aromatic carbocycles. The van der Waals surface area contributed by atoms with E-state index < -0.39 is 4.92 Å². The molecular weight excluding hydrogens is 378 g/mol. The maximum atomic E-state index is 13.0. The van der Waals surface area contributed by atoms with E-state index in [0.717, 1.165) is 0 Å². The molecule has 1 atom stereocenters. The molecule has 1 unspecified atom stereocenters. The normalized spacial score (nSPS) is 15.7. The summed E-state index contributed by atoms with van der Waals surface area (Å²) >= 11 is 0. The lowest BCUT2D eigenvalue weighted by Crippen LogP contribution is -2.39. The lowest BCUT2D eigenvalue weighted by molar-refractivity contribution is -0.384. The first-order chi connectivity index (χ1) is 14.0. The smallest absolute Gasteiger partial charge is 0.270 e. The number of nitro benzene ring substituents is 1. The lowest BCUT2D eigenvalue weighted by atomic mass is 9.95. The number of benzene rings is 2. The van der Waals surface area contributed by atoms with Crippen LogP contribution in [0.3, 0.4) is 0 Å². The number of rotatable bonds is 7. The van der Waals surface area contributed by atoms with Crippen LogP contribution in [0.25, 0.3) is 0 Å². The van der Waals surface area contributed by atoms with Crippen LogP contribution in [0.4, 0.5) is 5.69 Å². The van der Waals surface area contributed by atoms with Gasteiger partial charge in [-0.25, -0.2) is 0 Å². The first kappa shape index (κ1) is 20.1. The van der Waals surface area contributed by atoms with E-state index in [1.165, 1.54) is 33.5 Å². The number of carbonyl (C=O) groups is 1. The highest BCUT2D eigenvalue weighted by Crippen LogP contribution is 2.38. The third-order valence-electron chi connectivity index (χ3n) is 4.64. The van der Waals surface area contributed by atoms with Gasteiger partial charge in [-0.3, -0.25) is 19.9 Å². The van der Waals surface area contributed by atoms with Crippen molar-refractivity contribution in [2.24, 2.45) is 10.9 Å². The van der Waals surface area contributed by atoms with Crippen LogP contribution in [0, 0.1) is 16.0 Å². The number of methoxy groups -OCH3 is 3. The monoisotopic (exact) mass is 399 g/mol. The number of Topliss-reactive ketones (excluding diaryl/α,β-unsaturated/α-hetero) is 1. The number of amidine groups is 1. The molecule has 3 rings (SSSR count). The number of hydrogen-bond donors (Lipinski definition) is 1. The highest BCUT2D eigenvalue weighted by Gasteiger charge is 2.26. The number of non-ortho nitro benzene ring substituents is 1. The molecule has 1 aliphatic rings. The van der Waals surface area contributed by atoms with Crippen molar-refractivity contribution in [2.45, 2.75) is 0 Å². The molecule has 1 N–H and O–H groups in total. The molecule has 9 nitrogen and oxygen atoms in total. The van der Waals surface area contributed by atoms with Crippen LogP contribution in [0.5, 0.6) is 17.2 Å². The van der Waals surface area contributed by atoms with E-state index in [0.29, 0.717) is 40.8 Å². The fourth-order valence-corrected chi connectivity index (χ4v) is 3.14. The molecule has 9 heteroatoms. The molecule has 152 valence electrons. The molecule has 2 aromatic rings. The summed E-state index contributed by atoms with van der Waals surface area (Å²) in [7, 11) is 4.48. The Morgan fingerprint density at radius 2 is 1.83 bits per heavy atom. The van der Waals surface area contributed by atoms with Crippen molar-refractivity contribution in [1.82, 2.24) is 5.32 Å². The van der Waals surface area contributed by atoms with E-state index in [1.54, 1.807) is 24.3 Å². The molecule has 0 aromatic heterocycles. The molecule has 0 aliphatic carbocycles. The largest absolute Gasteiger partial charge is 0.493 e. The van der Waals surface area contributed by atoms with Crippen molar-refractivity contribution in [2.75, 3.05) is 34.4 Å². The number of nitrogens with one attached hydrogen (secondary N) is 1. The summed E-state index contributed by atoms with van der Waals surface area (Å²) in [5, 5.41) is 14.1. The zero-order chi connectivity index (χ0) is 21.0. The first-order valence-corrected chi connectivity index (χ1v) is 8.85. The summed E-state index contributed by atoms with van der Waals surface area (Å²) in [4.78, 5) is 27.9. The Morgan fingerprint density at radius 1 is 1.14 bits per heavy atom. The Bertz CT molecular complexity index is 947. The lowest BCUT2D eigenvalue weighted by Gasteiger charge is -2.23. The molecule has 0 spiro atoms. The molecule has 0 amide bonds. The number of ether oxygens (including phenoxy) is 3. The minimum absolute atomic E-state index is 0.0115. The molecule has 29 heavy (non-hydrogen) atoms. The van der Waals surface area contributed by atoms with Crippen molar-refractivity contribution in [1.29, 1.82) is 0 Å². The molecular formula is C20H21N3O6. The predicted molar refractivity (Wildman–Crippen MR) is 106 cm³/mol. The van der Waals surface area contributed by atoms with E-state index in [9.17, 15) is 14.9 Å². The second-order valence-electron chi connectivity index (χ2n) is 6.35. The molecule has 0 radical (unpaired) electrons. The molecule has 1 aliphatic heterocycles. The van der Waals surface area contributed by atoms with Crippen molar-refractivity contribution >= 4 is 17.3 Å². The van der Waals surface area contributed by atoms with Gasteiger partial charge in [0.2, 0.25) is 5.75 Å². The Labute approximate surface area is 167 Å². The van der Waals surface area contributed by atoms with Gasteiger partial charge in [0, 0.05) is 29.8 Å². The minimum atomic E-state index is -0.455. The minimum Gasteiger partial charge on any atom is -0.493 e. The maximum Gasteiger partial charge on any atom is 0.270 e. The van der Waals surface area contributed by atoms with E-state index in [-0.39, 0.29) is 23.9 Å². The molecule has 0 saturated carbocycles. The van der Waals surface area contributed by atoms with E-state index in [2.05, 4.69) is 10.3 Å². The molecule has 1 heterocycles. The summed E-state index contributed by atoms with van der Waals surface area (Å²) in [6.07, 6.45) is 0. The standard InChI is InChI=1S/C20H21N3O6/c1-27-16-8-13(9-17(28-2)19(16)29-3)18(24)14-10-21-20(22-11-14)12-5-4-6-15(7-12)23(25)26/h4-9,14H,10-11H2,1-3H3,(H,21,22). The summed E-state index contributed by atoms with van der Waals surface area (Å²) in [5.74, 6) is 1.25. The highest BCUT2D eigenvalue weighted by atomic mass is 16.6. The van der Waals surface area contributed by atoms with Crippen LogP contribution in [-0.4, -0.2) is 51.0 Å². The van der Waals surface area contributed by atoms with Crippen molar-refractivity contribution in [3.63, 3.8) is 0 Å². The van der Waals surface area contributed by atoms with Gasteiger partial charge in [-0.2, -0.15) is 0 Å². The average Bonchev–Trinajstić information content (AvgIpc) is 2.77. The van der Waals surface area contributed by atoms with Crippen LogP contribution >= 0.6 is 0 Å². The van der Waals surface area contributed by atoms with E-state index >= 15 is 0 Å². The highest BCUT2D eigenvalue weighted by molar-refractivity contribution is 6.03. The average molecular weight is 399 g/mol. The Hall–Kier alpha value is -3.62. The van der Waals surface area contributed by atoms with Gasteiger partial charge in [-0.1, -0.05) is 12.1 Å². The van der Waals surface area contributed by atoms with Crippen LogP contribution in [0.15, 0.2) is 41.4 Å². The first-order valence-electron chi connectivity index (χ1n) is 8.85. The van der Waals surface area contributed by atoms with Gasteiger partial charge in [0.15, 0.2) is 17.3 Å². The predicted octanol–water partition coefficient (Wildman–Crippen LogP) is 2.47. The zero-order valence-electron chi connectivity index (χ0n) is 16.3. The van der Waals surface area contributed by atoms with E-state index in [1.807, 2.05) is 0 Å². The van der Waals surface area contributed by atoms with Gasteiger partial charge in [0.1, 0.15) is 5.84 Å². The Kier molecular flexibility index (Phi) is 5.96. The van der Waals surface area contributed by atoms with Gasteiger partial charge in [0.05, 0.1) is 38.7 Å².